The number of hydrogen-bond acceptors (Lipinski definition) is 3. The molecule has 2 unspecified atom stereocenters. The molecule has 124 valence electrons. The molecule has 0 radical (unpaired) electrons. The number of aromatic nitrogens is 3. The second kappa shape index (κ2) is 6.73. The smallest absolute Gasteiger partial charge is 0.129 e. The Morgan fingerprint density at radius 1 is 1.12 bits per heavy atom. The van der Waals surface area contributed by atoms with Crippen molar-refractivity contribution in [3.63, 3.8) is 0 Å². The minimum absolute atomic E-state index is 0.402. The average molecular weight is 320 g/mol. The first kappa shape index (κ1) is 15.3. The molecule has 1 saturated heterocycles. The molecule has 24 heavy (non-hydrogen) atoms. The predicted octanol–water partition coefficient (Wildman–Crippen LogP) is 4.12. The lowest BCUT2D eigenvalue weighted by Gasteiger charge is -2.30. The third-order valence-electron chi connectivity index (χ3n) is 4.95. The fraction of sp³-hybridized carbons (Fsp3) is 0.400. The Hall–Kier alpha value is -2.20. The standard InChI is InChI=1S/C20H24N4/c1-2-6-18-23-16-10-12-22-20(16)19(24-18)15-9-11-21-17(13-15)14-7-4-3-5-8-14/h3-5,7-8,10,12,15,17,21-22H,2,6,9,11,13H2,1H3. The van der Waals surface area contributed by atoms with Crippen molar-refractivity contribution >= 4 is 11.0 Å². The third-order valence-corrected chi connectivity index (χ3v) is 4.95. The van der Waals surface area contributed by atoms with Gasteiger partial charge in [0.25, 0.3) is 0 Å². The maximum Gasteiger partial charge on any atom is 0.129 e. The van der Waals surface area contributed by atoms with Gasteiger partial charge < -0.3 is 10.3 Å². The SMILES string of the molecule is CCCc1nc(C2CCNC(c3ccccc3)C2)c2[nH]ccc2n1. The maximum atomic E-state index is 4.94. The molecule has 2 N–H and O–H groups in total. The number of aryl methyl sites for hydroxylation is 1. The summed E-state index contributed by atoms with van der Waals surface area (Å²) in [7, 11) is 0. The fourth-order valence-corrected chi connectivity index (χ4v) is 3.75. The molecule has 4 heteroatoms. The van der Waals surface area contributed by atoms with Crippen LogP contribution in [0.1, 0.15) is 55.2 Å². The molecule has 2 aromatic heterocycles. The van der Waals surface area contributed by atoms with Crippen LogP contribution in [0.3, 0.4) is 0 Å². The van der Waals surface area contributed by atoms with Crippen LogP contribution in [0.15, 0.2) is 42.6 Å². The van der Waals surface area contributed by atoms with Gasteiger partial charge >= 0.3 is 0 Å². The normalized spacial score (nSPS) is 21.2. The molecule has 0 spiro atoms. The summed E-state index contributed by atoms with van der Waals surface area (Å²) in [5.41, 5.74) is 4.75. The van der Waals surface area contributed by atoms with E-state index in [1.165, 1.54) is 11.3 Å². The first-order valence-corrected chi connectivity index (χ1v) is 8.97. The van der Waals surface area contributed by atoms with Gasteiger partial charge in [-0.3, -0.25) is 0 Å². The predicted molar refractivity (Wildman–Crippen MR) is 97.0 cm³/mol. The van der Waals surface area contributed by atoms with Gasteiger partial charge in [-0.05, 0) is 37.4 Å². The van der Waals surface area contributed by atoms with Crippen LogP contribution in [0, 0.1) is 0 Å². The molecule has 3 aromatic rings. The second-order valence-electron chi connectivity index (χ2n) is 6.65. The Morgan fingerprint density at radius 3 is 2.83 bits per heavy atom. The molecule has 4 nitrogen and oxygen atoms in total. The Morgan fingerprint density at radius 2 is 2.00 bits per heavy atom. The lowest BCUT2D eigenvalue weighted by atomic mass is 9.86. The molecular weight excluding hydrogens is 296 g/mol. The van der Waals surface area contributed by atoms with E-state index in [0.29, 0.717) is 12.0 Å². The van der Waals surface area contributed by atoms with Crippen molar-refractivity contribution in [2.45, 2.75) is 44.6 Å². The van der Waals surface area contributed by atoms with Gasteiger partial charge in [0, 0.05) is 24.6 Å². The van der Waals surface area contributed by atoms with E-state index in [1.807, 2.05) is 6.20 Å². The lowest BCUT2D eigenvalue weighted by molar-refractivity contribution is 0.366. The molecule has 1 fully saturated rings. The number of benzene rings is 1. The second-order valence-corrected chi connectivity index (χ2v) is 6.65. The van der Waals surface area contributed by atoms with Crippen LogP contribution in [-0.4, -0.2) is 21.5 Å². The van der Waals surface area contributed by atoms with E-state index in [0.717, 1.165) is 49.1 Å². The van der Waals surface area contributed by atoms with Gasteiger partial charge in [-0.15, -0.1) is 0 Å². The zero-order valence-electron chi connectivity index (χ0n) is 14.1. The zero-order chi connectivity index (χ0) is 16.4. The number of fused-ring (bicyclic) bond motifs is 1. The van der Waals surface area contributed by atoms with Crippen molar-refractivity contribution in [2.75, 3.05) is 6.54 Å². The highest BCUT2D eigenvalue weighted by molar-refractivity contribution is 5.77. The number of piperidine rings is 1. The lowest BCUT2D eigenvalue weighted by Crippen LogP contribution is -2.31. The van der Waals surface area contributed by atoms with Gasteiger partial charge in [-0.25, -0.2) is 9.97 Å². The summed E-state index contributed by atoms with van der Waals surface area (Å²) in [6.07, 6.45) is 6.21. The van der Waals surface area contributed by atoms with Crippen molar-refractivity contribution in [3.05, 3.63) is 59.7 Å². The Kier molecular flexibility index (Phi) is 4.30. The number of nitrogens with one attached hydrogen (secondary N) is 2. The Balaban J connectivity index is 1.67. The minimum Gasteiger partial charge on any atom is -0.358 e. The highest BCUT2D eigenvalue weighted by Gasteiger charge is 2.27. The zero-order valence-corrected chi connectivity index (χ0v) is 14.1. The van der Waals surface area contributed by atoms with Crippen LogP contribution < -0.4 is 5.32 Å². The number of H-pyrrole nitrogens is 1. The molecule has 0 bridgehead atoms. The summed E-state index contributed by atoms with van der Waals surface area (Å²) >= 11 is 0. The highest BCUT2D eigenvalue weighted by Crippen LogP contribution is 2.35. The fourth-order valence-electron chi connectivity index (χ4n) is 3.75. The minimum atomic E-state index is 0.402. The van der Waals surface area contributed by atoms with Gasteiger partial charge in [0.15, 0.2) is 0 Å². The quantitative estimate of drug-likeness (QED) is 0.760. The molecular formula is C20H24N4. The first-order valence-electron chi connectivity index (χ1n) is 8.97. The van der Waals surface area contributed by atoms with Crippen LogP contribution in [0.5, 0.6) is 0 Å². The van der Waals surface area contributed by atoms with Gasteiger partial charge in [0.1, 0.15) is 5.82 Å². The molecule has 1 aliphatic heterocycles. The Bertz CT molecular complexity index is 809. The van der Waals surface area contributed by atoms with Gasteiger partial charge in [0.2, 0.25) is 0 Å². The molecule has 0 saturated carbocycles. The summed E-state index contributed by atoms with van der Waals surface area (Å²) < 4.78 is 0. The molecule has 1 aromatic carbocycles. The summed E-state index contributed by atoms with van der Waals surface area (Å²) in [6, 6.07) is 13.2. The van der Waals surface area contributed by atoms with Crippen LogP contribution in [-0.2, 0) is 6.42 Å². The average Bonchev–Trinajstić information content (AvgIpc) is 3.11. The maximum absolute atomic E-state index is 4.94. The number of hydrogen-bond donors (Lipinski definition) is 2. The van der Waals surface area contributed by atoms with Crippen molar-refractivity contribution in [1.29, 1.82) is 0 Å². The van der Waals surface area contributed by atoms with E-state index in [4.69, 9.17) is 9.97 Å². The molecule has 3 heterocycles. The van der Waals surface area contributed by atoms with Gasteiger partial charge in [-0.1, -0.05) is 37.3 Å². The number of aromatic amines is 1. The molecule has 0 aliphatic carbocycles. The molecule has 2 atom stereocenters. The summed E-state index contributed by atoms with van der Waals surface area (Å²) in [5.74, 6) is 1.45. The summed E-state index contributed by atoms with van der Waals surface area (Å²) in [6.45, 7) is 3.21. The van der Waals surface area contributed by atoms with Gasteiger partial charge in [-0.2, -0.15) is 0 Å². The largest absolute Gasteiger partial charge is 0.358 e. The van der Waals surface area contributed by atoms with Crippen LogP contribution in [0.4, 0.5) is 0 Å². The van der Waals surface area contributed by atoms with E-state index < -0.39 is 0 Å². The van der Waals surface area contributed by atoms with E-state index in [1.54, 1.807) is 0 Å². The van der Waals surface area contributed by atoms with Crippen molar-refractivity contribution in [1.82, 2.24) is 20.3 Å². The van der Waals surface area contributed by atoms with E-state index in [-0.39, 0.29) is 0 Å². The van der Waals surface area contributed by atoms with Crippen LogP contribution in [0.25, 0.3) is 11.0 Å². The number of rotatable bonds is 4. The van der Waals surface area contributed by atoms with E-state index in [9.17, 15) is 0 Å². The topological polar surface area (TPSA) is 53.6 Å². The van der Waals surface area contributed by atoms with Crippen LogP contribution >= 0.6 is 0 Å². The van der Waals surface area contributed by atoms with E-state index in [2.05, 4.69) is 53.6 Å². The number of nitrogens with zero attached hydrogens (tertiary/aromatic N) is 2. The van der Waals surface area contributed by atoms with E-state index >= 15 is 0 Å². The monoisotopic (exact) mass is 320 g/mol. The van der Waals surface area contributed by atoms with Crippen molar-refractivity contribution in [3.8, 4) is 0 Å². The molecule has 0 amide bonds. The molecule has 4 rings (SSSR count). The third kappa shape index (κ3) is 2.94. The summed E-state index contributed by atoms with van der Waals surface area (Å²) in [4.78, 5) is 13.0. The van der Waals surface area contributed by atoms with Crippen molar-refractivity contribution < 1.29 is 0 Å². The van der Waals surface area contributed by atoms with Gasteiger partial charge in [0.05, 0.1) is 16.7 Å². The molecule has 1 aliphatic rings. The summed E-state index contributed by atoms with van der Waals surface area (Å²) in [5, 5.41) is 3.66. The first-order chi connectivity index (χ1) is 11.8. The Labute approximate surface area is 142 Å². The van der Waals surface area contributed by atoms with Crippen LogP contribution in [0.2, 0.25) is 0 Å². The van der Waals surface area contributed by atoms with Crippen molar-refractivity contribution in [2.24, 2.45) is 0 Å². The highest BCUT2D eigenvalue weighted by atomic mass is 15.0.